The van der Waals surface area contributed by atoms with Crippen LogP contribution in [0, 0.1) is 0 Å². The SMILES string of the molecule is CCOC(=O)c1c(NC(=O)c2c(Cl)ccc(Cl)c2OC)sc2c1CCC2. The quantitative estimate of drug-likeness (QED) is 0.701. The lowest BCUT2D eigenvalue weighted by Crippen LogP contribution is -2.16. The van der Waals surface area contributed by atoms with Gasteiger partial charge < -0.3 is 14.8 Å². The zero-order chi connectivity index (χ0) is 18.8. The van der Waals surface area contributed by atoms with Crippen molar-refractivity contribution in [2.75, 3.05) is 19.0 Å². The van der Waals surface area contributed by atoms with Gasteiger partial charge >= 0.3 is 5.97 Å². The number of esters is 1. The number of benzene rings is 1. The van der Waals surface area contributed by atoms with Crippen LogP contribution in [0.15, 0.2) is 12.1 Å². The molecule has 0 fully saturated rings. The van der Waals surface area contributed by atoms with Gasteiger partial charge in [0.1, 0.15) is 10.6 Å². The summed E-state index contributed by atoms with van der Waals surface area (Å²) in [7, 11) is 1.41. The highest BCUT2D eigenvalue weighted by atomic mass is 35.5. The predicted molar refractivity (Wildman–Crippen MR) is 103 cm³/mol. The lowest BCUT2D eigenvalue weighted by molar-refractivity contribution is 0.0527. The number of fused-ring (bicyclic) bond motifs is 1. The molecule has 0 saturated carbocycles. The van der Waals surface area contributed by atoms with Gasteiger partial charge in [0, 0.05) is 4.88 Å². The van der Waals surface area contributed by atoms with Crippen LogP contribution < -0.4 is 10.1 Å². The molecule has 138 valence electrons. The number of anilines is 1. The average Bonchev–Trinajstić information content (AvgIpc) is 3.17. The minimum absolute atomic E-state index is 0.130. The van der Waals surface area contributed by atoms with Crippen molar-refractivity contribution in [1.82, 2.24) is 0 Å². The molecule has 0 unspecified atom stereocenters. The normalized spacial score (nSPS) is 12.6. The lowest BCUT2D eigenvalue weighted by Gasteiger charge is -2.13. The van der Waals surface area contributed by atoms with E-state index in [0.29, 0.717) is 10.6 Å². The van der Waals surface area contributed by atoms with E-state index in [1.807, 2.05) is 0 Å². The van der Waals surface area contributed by atoms with Crippen molar-refractivity contribution in [2.45, 2.75) is 26.2 Å². The maximum atomic E-state index is 12.8. The second kappa shape index (κ2) is 7.86. The van der Waals surface area contributed by atoms with Gasteiger partial charge in [-0.15, -0.1) is 11.3 Å². The summed E-state index contributed by atoms with van der Waals surface area (Å²) in [5.41, 5.74) is 1.53. The van der Waals surface area contributed by atoms with Crippen LogP contribution in [0.3, 0.4) is 0 Å². The molecular weight excluding hydrogens is 397 g/mol. The first-order valence-electron chi connectivity index (χ1n) is 8.12. The topological polar surface area (TPSA) is 64.6 Å². The summed E-state index contributed by atoms with van der Waals surface area (Å²) in [4.78, 5) is 26.4. The van der Waals surface area contributed by atoms with E-state index in [0.717, 1.165) is 29.7 Å². The summed E-state index contributed by atoms with van der Waals surface area (Å²) in [6.07, 6.45) is 2.69. The molecule has 1 aliphatic carbocycles. The van der Waals surface area contributed by atoms with E-state index in [9.17, 15) is 9.59 Å². The van der Waals surface area contributed by atoms with Crippen LogP contribution in [0.2, 0.25) is 10.0 Å². The number of amides is 1. The molecule has 1 aliphatic rings. The van der Waals surface area contributed by atoms with E-state index in [4.69, 9.17) is 32.7 Å². The zero-order valence-electron chi connectivity index (χ0n) is 14.3. The molecule has 0 spiro atoms. The largest absolute Gasteiger partial charge is 0.494 e. The molecule has 0 atom stereocenters. The van der Waals surface area contributed by atoms with Gasteiger partial charge in [-0.1, -0.05) is 23.2 Å². The Labute approximate surface area is 165 Å². The van der Waals surface area contributed by atoms with Crippen molar-refractivity contribution in [3.8, 4) is 5.75 Å². The second-order valence-electron chi connectivity index (χ2n) is 5.67. The van der Waals surface area contributed by atoms with Crippen LogP contribution >= 0.6 is 34.5 Å². The number of ether oxygens (including phenoxy) is 2. The molecule has 8 heteroatoms. The lowest BCUT2D eigenvalue weighted by atomic mass is 10.1. The van der Waals surface area contributed by atoms with Gasteiger partial charge in [-0.25, -0.2) is 4.79 Å². The number of carbonyl (C=O) groups excluding carboxylic acids is 2. The van der Waals surface area contributed by atoms with E-state index >= 15 is 0 Å². The standard InChI is InChI=1S/C18H17Cl2NO4S/c1-3-25-18(23)13-9-5-4-6-12(9)26-17(13)21-16(22)14-10(19)7-8-11(20)15(14)24-2/h7-8H,3-6H2,1-2H3,(H,21,22). The average molecular weight is 414 g/mol. The molecule has 2 aromatic rings. The molecule has 1 aromatic carbocycles. The van der Waals surface area contributed by atoms with Gasteiger partial charge in [0.25, 0.3) is 5.91 Å². The Morgan fingerprint density at radius 3 is 2.62 bits per heavy atom. The van der Waals surface area contributed by atoms with Crippen molar-refractivity contribution in [3.63, 3.8) is 0 Å². The molecule has 0 radical (unpaired) electrons. The van der Waals surface area contributed by atoms with Crippen LogP contribution in [0.4, 0.5) is 5.00 Å². The molecule has 5 nitrogen and oxygen atoms in total. The first-order chi connectivity index (χ1) is 12.5. The minimum Gasteiger partial charge on any atom is -0.494 e. The summed E-state index contributed by atoms with van der Waals surface area (Å²) in [5, 5.41) is 3.76. The molecule has 0 aliphatic heterocycles. The molecule has 1 N–H and O–H groups in total. The van der Waals surface area contributed by atoms with Gasteiger partial charge in [-0.2, -0.15) is 0 Å². The van der Waals surface area contributed by atoms with Crippen molar-refractivity contribution in [2.24, 2.45) is 0 Å². The van der Waals surface area contributed by atoms with Crippen LogP contribution in [-0.4, -0.2) is 25.6 Å². The van der Waals surface area contributed by atoms with Crippen LogP contribution in [0.25, 0.3) is 0 Å². The first kappa shape index (κ1) is 19.0. The molecule has 26 heavy (non-hydrogen) atoms. The predicted octanol–water partition coefficient (Wildman–Crippen LogP) is 4.98. The fraction of sp³-hybridized carbons (Fsp3) is 0.333. The fourth-order valence-corrected chi connectivity index (χ4v) is 4.76. The molecule has 1 amide bonds. The fourth-order valence-electron chi connectivity index (χ4n) is 3.02. The summed E-state index contributed by atoms with van der Waals surface area (Å²) < 4.78 is 10.4. The molecule has 1 aromatic heterocycles. The van der Waals surface area contributed by atoms with Gasteiger partial charge in [-0.3, -0.25) is 4.79 Å². The molecule has 3 rings (SSSR count). The van der Waals surface area contributed by atoms with E-state index < -0.39 is 11.9 Å². The number of hydrogen-bond donors (Lipinski definition) is 1. The van der Waals surface area contributed by atoms with Gasteiger partial charge in [-0.05, 0) is 43.9 Å². The summed E-state index contributed by atoms with van der Waals surface area (Å²) in [6.45, 7) is 2.02. The minimum atomic E-state index is -0.486. The smallest absolute Gasteiger partial charge is 0.341 e. The third-order valence-electron chi connectivity index (χ3n) is 4.12. The Morgan fingerprint density at radius 1 is 1.19 bits per heavy atom. The number of aryl methyl sites for hydroxylation is 1. The van der Waals surface area contributed by atoms with Crippen molar-refractivity contribution in [1.29, 1.82) is 0 Å². The number of methoxy groups -OCH3 is 1. The van der Waals surface area contributed by atoms with E-state index in [1.165, 1.54) is 24.5 Å². The second-order valence-corrected chi connectivity index (χ2v) is 7.59. The molecule has 0 saturated heterocycles. The Bertz CT molecular complexity index is 879. The summed E-state index contributed by atoms with van der Waals surface area (Å²) in [6, 6.07) is 3.09. The molecule has 1 heterocycles. The van der Waals surface area contributed by atoms with Crippen LogP contribution in [-0.2, 0) is 17.6 Å². The number of thiophene rings is 1. The third-order valence-corrected chi connectivity index (χ3v) is 5.94. The van der Waals surface area contributed by atoms with Gasteiger partial charge in [0.2, 0.25) is 0 Å². The van der Waals surface area contributed by atoms with Crippen LogP contribution in [0.1, 0.15) is 44.5 Å². The zero-order valence-corrected chi connectivity index (χ0v) is 16.6. The summed E-state index contributed by atoms with van der Waals surface area (Å²) >= 11 is 13.7. The number of hydrogen-bond acceptors (Lipinski definition) is 5. The highest BCUT2D eigenvalue weighted by Crippen LogP contribution is 2.41. The number of halogens is 2. The van der Waals surface area contributed by atoms with Crippen molar-refractivity contribution in [3.05, 3.63) is 43.7 Å². The van der Waals surface area contributed by atoms with E-state index in [1.54, 1.807) is 13.0 Å². The van der Waals surface area contributed by atoms with Gasteiger partial charge in [0.05, 0.1) is 29.3 Å². The Hall–Kier alpha value is -1.76. The first-order valence-corrected chi connectivity index (χ1v) is 9.70. The van der Waals surface area contributed by atoms with E-state index in [2.05, 4.69) is 5.32 Å². The number of carbonyl (C=O) groups is 2. The van der Waals surface area contributed by atoms with Crippen LogP contribution in [0.5, 0.6) is 5.75 Å². The number of nitrogens with one attached hydrogen (secondary N) is 1. The highest BCUT2D eigenvalue weighted by molar-refractivity contribution is 7.17. The van der Waals surface area contributed by atoms with Crippen molar-refractivity contribution >= 4 is 51.4 Å². The summed E-state index contributed by atoms with van der Waals surface area (Å²) in [5.74, 6) is -0.718. The highest BCUT2D eigenvalue weighted by Gasteiger charge is 2.29. The Kier molecular flexibility index (Phi) is 5.75. The monoisotopic (exact) mass is 413 g/mol. The Morgan fingerprint density at radius 2 is 1.92 bits per heavy atom. The Balaban J connectivity index is 1.99. The van der Waals surface area contributed by atoms with E-state index in [-0.39, 0.29) is 28.0 Å². The molecule has 0 bridgehead atoms. The van der Waals surface area contributed by atoms with Crippen molar-refractivity contribution < 1.29 is 19.1 Å². The maximum Gasteiger partial charge on any atom is 0.341 e. The molecular formula is C18H17Cl2NO4S. The number of rotatable bonds is 5. The van der Waals surface area contributed by atoms with Gasteiger partial charge in [0.15, 0.2) is 5.75 Å². The maximum absolute atomic E-state index is 12.8. The third kappa shape index (κ3) is 3.41.